The van der Waals surface area contributed by atoms with Gasteiger partial charge in [-0.1, -0.05) is 43.4 Å². The number of aromatic nitrogens is 1. The number of carbonyl (C=O) groups is 1. The van der Waals surface area contributed by atoms with Crippen molar-refractivity contribution in [3.05, 3.63) is 89.6 Å². The topological polar surface area (TPSA) is 88.4 Å². The van der Waals surface area contributed by atoms with Gasteiger partial charge in [-0.2, -0.15) is 0 Å². The monoisotopic (exact) mass is 550 g/mol. The molecule has 0 aliphatic carbocycles. The molecule has 0 spiro atoms. The first-order valence-corrected chi connectivity index (χ1v) is 13.5. The molecule has 2 heterocycles. The van der Waals surface area contributed by atoms with Gasteiger partial charge in [0, 0.05) is 12.7 Å². The molecule has 0 radical (unpaired) electrons. The minimum atomic E-state index is -0.766. The van der Waals surface area contributed by atoms with E-state index >= 15 is 0 Å². The van der Waals surface area contributed by atoms with Crippen molar-refractivity contribution in [3.63, 3.8) is 0 Å². The third-order valence-electron chi connectivity index (χ3n) is 6.72. The number of aryl methyl sites for hydroxylation is 1. The molecule has 1 unspecified atom stereocenters. The van der Waals surface area contributed by atoms with Gasteiger partial charge in [0.1, 0.15) is 24.1 Å². The molecule has 206 valence electrons. The first-order valence-electron chi connectivity index (χ1n) is 12.7. The maximum Gasteiger partial charge on any atom is 0.338 e. The number of ether oxygens (including phenoxy) is 4. The molecule has 4 rings (SSSR count). The summed E-state index contributed by atoms with van der Waals surface area (Å²) in [6.45, 7) is 8.31. The molecule has 1 atom stereocenters. The number of fused-ring (bicyclic) bond motifs is 1. The predicted molar refractivity (Wildman–Crippen MR) is 151 cm³/mol. The van der Waals surface area contributed by atoms with E-state index in [-0.39, 0.29) is 30.3 Å². The largest absolute Gasteiger partial charge is 0.496 e. The van der Waals surface area contributed by atoms with E-state index in [0.717, 1.165) is 22.4 Å². The second kappa shape index (κ2) is 12.0. The van der Waals surface area contributed by atoms with E-state index in [1.54, 1.807) is 25.7 Å². The van der Waals surface area contributed by atoms with Crippen molar-refractivity contribution in [3.8, 4) is 11.5 Å². The van der Waals surface area contributed by atoms with E-state index in [9.17, 15) is 9.59 Å². The van der Waals surface area contributed by atoms with Crippen LogP contribution in [-0.4, -0.2) is 45.1 Å². The summed E-state index contributed by atoms with van der Waals surface area (Å²) in [5.41, 5.74) is 4.18. The van der Waals surface area contributed by atoms with Crippen LogP contribution >= 0.6 is 11.3 Å². The number of benzene rings is 2. The minimum Gasteiger partial charge on any atom is -0.496 e. The molecule has 0 amide bonds. The molecule has 2 aromatic carbocycles. The first kappa shape index (κ1) is 28.3. The van der Waals surface area contributed by atoms with Gasteiger partial charge in [-0.15, -0.1) is 0 Å². The molecule has 8 nitrogen and oxygen atoms in total. The summed E-state index contributed by atoms with van der Waals surface area (Å²) in [6, 6.07) is 10.7. The highest BCUT2D eigenvalue weighted by atomic mass is 32.1. The smallest absolute Gasteiger partial charge is 0.338 e. The van der Waals surface area contributed by atoms with Crippen molar-refractivity contribution in [2.75, 3.05) is 34.5 Å². The highest BCUT2D eigenvalue weighted by Crippen LogP contribution is 2.36. The van der Waals surface area contributed by atoms with Crippen molar-refractivity contribution >= 4 is 23.4 Å². The second-order valence-corrected chi connectivity index (χ2v) is 10.6. The number of hydrogen-bond acceptors (Lipinski definition) is 8. The van der Waals surface area contributed by atoms with Crippen LogP contribution in [0.1, 0.15) is 55.0 Å². The Morgan fingerprint density at radius 2 is 1.79 bits per heavy atom. The summed E-state index contributed by atoms with van der Waals surface area (Å²) in [6.07, 6.45) is 1.89. The molecular weight excluding hydrogens is 516 g/mol. The Balaban J connectivity index is 1.94. The number of esters is 1. The number of para-hydroxylation sites is 1. The summed E-state index contributed by atoms with van der Waals surface area (Å²) in [5.74, 6) is 1.07. The summed E-state index contributed by atoms with van der Waals surface area (Å²) in [5, 5.41) is 0. The summed E-state index contributed by atoms with van der Waals surface area (Å²) in [4.78, 5) is 32.5. The molecule has 3 aromatic rings. The van der Waals surface area contributed by atoms with Gasteiger partial charge in [-0.05, 0) is 60.7 Å². The maximum atomic E-state index is 14.0. The lowest BCUT2D eigenvalue weighted by atomic mass is 9.95. The van der Waals surface area contributed by atoms with E-state index < -0.39 is 12.0 Å². The third kappa shape index (κ3) is 5.55. The zero-order valence-electron chi connectivity index (χ0n) is 23.4. The molecule has 0 bridgehead atoms. The number of rotatable bonds is 9. The third-order valence-corrected chi connectivity index (χ3v) is 7.71. The van der Waals surface area contributed by atoms with Crippen LogP contribution in [-0.2, 0) is 14.3 Å². The maximum absolute atomic E-state index is 14.0. The van der Waals surface area contributed by atoms with Gasteiger partial charge in [-0.3, -0.25) is 9.36 Å². The molecule has 1 aliphatic heterocycles. The SMILES string of the molecule is COCCOC(=O)C1=C(C)N=c2sc(=Cc3cc(C(C)C)c(OC)cc3C)c(=O)n2C1c1ccccc1OC. The minimum absolute atomic E-state index is 0.0874. The predicted octanol–water partition coefficient (Wildman–Crippen LogP) is 3.87. The Morgan fingerprint density at radius 1 is 1.08 bits per heavy atom. The normalized spacial score (nSPS) is 15.3. The van der Waals surface area contributed by atoms with Crippen molar-refractivity contribution in [2.45, 2.75) is 39.7 Å². The molecule has 0 saturated carbocycles. The lowest BCUT2D eigenvalue weighted by Crippen LogP contribution is -2.40. The summed E-state index contributed by atoms with van der Waals surface area (Å²) < 4.78 is 23.8. The quantitative estimate of drug-likeness (QED) is 0.297. The van der Waals surface area contributed by atoms with E-state index in [1.807, 2.05) is 43.3 Å². The summed E-state index contributed by atoms with van der Waals surface area (Å²) >= 11 is 1.29. The lowest BCUT2D eigenvalue weighted by Gasteiger charge is -2.26. The molecule has 1 aromatic heterocycles. The lowest BCUT2D eigenvalue weighted by molar-refractivity contribution is -0.140. The fourth-order valence-electron chi connectivity index (χ4n) is 4.71. The van der Waals surface area contributed by atoms with Crippen LogP contribution in [0.5, 0.6) is 11.5 Å². The van der Waals surface area contributed by atoms with E-state index in [4.69, 9.17) is 18.9 Å². The number of thiazole rings is 1. The van der Waals surface area contributed by atoms with Gasteiger partial charge in [0.25, 0.3) is 5.56 Å². The molecule has 0 fully saturated rings. The average molecular weight is 551 g/mol. The van der Waals surface area contributed by atoms with Gasteiger partial charge in [0.15, 0.2) is 4.80 Å². The van der Waals surface area contributed by atoms with Crippen LogP contribution < -0.4 is 24.4 Å². The van der Waals surface area contributed by atoms with Crippen LogP contribution in [0.25, 0.3) is 6.08 Å². The van der Waals surface area contributed by atoms with Crippen molar-refractivity contribution in [1.29, 1.82) is 0 Å². The van der Waals surface area contributed by atoms with Gasteiger partial charge < -0.3 is 18.9 Å². The van der Waals surface area contributed by atoms with E-state index in [2.05, 4.69) is 24.9 Å². The average Bonchev–Trinajstić information content (AvgIpc) is 3.22. The van der Waals surface area contributed by atoms with Crippen molar-refractivity contribution in [1.82, 2.24) is 4.57 Å². The van der Waals surface area contributed by atoms with Crippen molar-refractivity contribution < 1.29 is 23.7 Å². The number of methoxy groups -OCH3 is 3. The van der Waals surface area contributed by atoms with E-state index in [1.165, 1.54) is 18.4 Å². The van der Waals surface area contributed by atoms with Crippen LogP contribution in [0.15, 0.2) is 57.5 Å². The first-order chi connectivity index (χ1) is 18.7. The highest BCUT2D eigenvalue weighted by molar-refractivity contribution is 7.07. The van der Waals surface area contributed by atoms with Gasteiger partial charge >= 0.3 is 5.97 Å². The van der Waals surface area contributed by atoms with Gasteiger partial charge in [0.05, 0.1) is 36.6 Å². The van der Waals surface area contributed by atoms with Crippen molar-refractivity contribution in [2.24, 2.45) is 4.99 Å². The number of allylic oxidation sites excluding steroid dienone is 1. The molecule has 39 heavy (non-hydrogen) atoms. The van der Waals surface area contributed by atoms with E-state index in [0.29, 0.717) is 26.3 Å². The second-order valence-electron chi connectivity index (χ2n) is 9.56. The fourth-order valence-corrected chi connectivity index (χ4v) is 5.74. The van der Waals surface area contributed by atoms with Crippen LogP contribution in [0.2, 0.25) is 0 Å². The number of carbonyl (C=O) groups excluding carboxylic acids is 1. The number of nitrogens with zero attached hydrogens (tertiary/aromatic N) is 2. The Labute approximate surface area is 231 Å². The Hall–Kier alpha value is -3.69. The Kier molecular flexibility index (Phi) is 8.72. The molecule has 0 N–H and O–H groups in total. The summed E-state index contributed by atoms with van der Waals surface area (Å²) in [7, 11) is 4.76. The van der Waals surface area contributed by atoms with Crippen LogP contribution in [0.3, 0.4) is 0 Å². The standard InChI is InChI=1S/C30H34N2O6S/c1-17(2)22-15-20(18(3)14-24(22)37-7)16-25-28(33)32-27(21-10-8-9-11-23(21)36-6)26(19(4)31-30(32)39-25)29(34)38-13-12-35-5/h8-11,14-17,27H,12-13H2,1-7H3. The molecule has 9 heteroatoms. The van der Waals surface area contributed by atoms with Gasteiger partial charge in [0.2, 0.25) is 0 Å². The van der Waals surface area contributed by atoms with Gasteiger partial charge in [-0.25, -0.2) is 9.79 Å². The fraction of sp³-hybridized carbons (Fsp3) is 0.367. The zero-order chi connectivity index (χ0) is 28.3. The Bertz CT molecular complexity index is 1600. The molecule has 1 aliphatic rings. The number of hydrogen-bond donors (Lipinski definition) is 0. The highest BCUT2D eigenvalue weighted by Gasteiger charge is 2.35. The molecule has 0 saturated heterocycles. The Morgan fingerprint density at radius 3 is 2.46 bits per heavy atom. The van der Waals surface area contributed by atoms with Crippen LogP contribution in [0, 0.1) is 6.92 Å². The molecular formula is C30H34N2O6S. The van der Waals surface area contributed by atoms with Crippen LogP contribution in [0.4, 0.5) is 0 Å². The zero-order valence-corrected chi connectivity index (χ0v) is 24.2.